The van der Waals surface area contributed by atoms with Gasteiger partial charge in [0, 0.05) is 57.9 Å². The molecule has 192 valence electrons. The minimum absolute atomic E-state index is 0.00387. The van der Waals surface area contributed by atoms with Crippen molar-refractivity contribution in [3.8, 4) is 11.5 Å². The summed E-state index contributed by atoms with van der Waals surface area (Å²) in [5.41, 5.74) is 3.98. The normalized spacial score (nSPS) is 18.6. The number of rotatable bonds is 5. The van der Waals surface area contributed by atoms with Gasteiger partial charge in [-0.25, -0.2) is 9.97 Å². The largest absolute Gasteiger partial charge is 0.457 e. The maximum atomic E-state index is 13.6. The molecule has 3 aromatic rings. The predicted octanol–water partition coefficient (Wildman–Crippen LogP) is 4.49. The zero-order valence-electron chi connectivity index (χ0n) is 21.6. The van der Waals surface area contributed by atoms with E-state index >= 15 is 0 Å². The molecule has 1 saturated heterocycles. The number of carbonyl (C=O) groups is 1. The predicted molar refractivity (Wildman–Crippen MR) is 144 cm³/mol. The maximum absolute atomic E-state index is 13.6. The minimum atomic E-state index is -0.00387. The standard InChI is InChI=1S/C30H35N5O2/c1-22-9-11-25(12-10-22)37-28-8-3-2-7-26(28)29(36)34-15-13-23-21-31-30(32-27(23)14-16-34)35-19-17-33(18-20-35)24-5-4-6-24/h2-3,7-12,21,24H,4-6,13-20H2,1H3. The molecule has 2 aliphatic heterocycles. The topological polar surface area (TPSA) is 61.8 Å². The first-order valence-electron chi connectivity index (χ1n) is 13.6. The highest BCUT2D eigenvalue weighted by Gasteiger charge is 2.29. The fourth-order valence-electron chi connectivity index (χ4n) is 5.50. The van der Waals surface area contributed by atoms with E-state index in [1.165, 1.54) is 24.8 Å². The number of aryl methyl sites for hydroxylation is 1. The van der Waals surface area contributed by atoms with E-state index in [0.717, 1.165) is 68.0 Å². The molecule has 7 heteroatoms. The molecule has 0 unspecified atom stereocenters. The van der Waals surface area contributed by atoms with E-state index in [1.54, 1.807) is 0 Å². The summed E-state index contributed by atoms with van der Waals surface area (Å²) in [6.07, 6.45) is 7.57. The lowest BCUT2D eigenvalue weighted by Crippen LogP contribution is -2.52. The monoisotopic (exact) mass is 497 g/mol. The van der Waals surface area contributed by atoms with Gasteiger partial charge < -0.3 is 14.5 Å². The van der Waals surface area contributed by atoms with Crippen molar-refractivity contribution in [1.29, 1.82) is 0 Å². The van der Waals surface area contributed by atoms with Gasteiger partial charge in [-0.3, -0.25) is 9.69 Å². The Bertz CT molecular complexity index is 1250. The highest BCUT2D eigenvalue weighted by molar-refractivity contribution is 5.97. The van der Waals surface area contributed by atoms with Crippen LogP contribution in [0.15, 0.2) is 54.7 Å². The van der Waals surface area contributed by atoms with Gasteiger partial charge in [-0.2, -0.15) is 0 Å². The van der Waals surface area contributed by atoms with Gasteiger partial charge in [-0.05, 0) is 56.0 Å². The third kappa shape index (κ3) is 5.18. The number of hydrogen-bond acceptors (Lipinski definition) is 6. The molecule has 6 rings (SSSR count). The Morgan fingerprint density at radius 3 is 2.43 bits per heavy atom. The van der Waals surface area contributed by atoms with E-state index in [0.29, 0.717) is 24.4 Å². The summed E-state index contributed by atoms with van der Waals surface area (Å²) in [4.78, 5) is 30.2. The lowest BCUT2D eigenvalue weighted by Gasteiger charge is -2.43. The molecule has 1 amide bonds. The van der Waals surface area contributed by atoms with Crippen LogP contribution < -0.4 is 9.64 Å². The Hall–Kier alpha value is -3.45. The van der Waals surface area contributed by atoms with Crippen LogP contribution in [0, 0.1) is 6.92 Å². The van der Waals surface area contributed by atoms with E-state index < -0.39 is 0 Å². The fraction of sp³-hybridized carbons (Fsp3) is 0.433. The van der Waals surface area contributed by atoms with Gasteiger partial charge in [0.25, 0.3) is 5.91 Å². The first-order valence-corrected chi connectivity index (χ1v) is 13.6. The Morgan fingerprint density at radius 2 is 1.68 bits per heavy atom. The van der Waals surface area contributed by atoms with Crippen molar-refractivity contribution in [2.24, 2.45) is 0 Å². The van der Waals surface area contributed by atoms with E-state index in [4.69, 9.17) is 14.7 Å². The number of anilines is 1. The number of amides is 1. The Balaban J connectivity index is 1.12. The lowest BCUT2D eigenvalue weighted by molar-refractivity contribution is 0.0760. The lowest BCUT2D eigenvalue weighted by atomic mass is 9.91. The van der Waals surface area contributed by atoms with Gasteiger partial charge in [0.05, 0.1) is 11.3 Å². The van der Waals surface area contributed by atoms with Crippen molar-refractivity contribution in [3.05, 3.63) is 77.1 Å². The van der Waals surface area contributed by atoms with E-state index in [-0.39, 0.29) is 5.91 Å². The molecule has 0 atom stereocenters. The second kappa shape index (κ2) is 10.5. The second-order valence-corrected chi connectivity index (χ2v) is 10.5. The minimum Gasteiger partial charge on any atom is -0.457 e. The van der Waals surface area contributed by atoms with Gasteiger partial charge in [0.2, 0.25) is 5.95 Å². The van der Waals surface area contributed by atoms with Crippen LogP contribution in [0.5, 0.6) is 11.5 Å². The smallest absolute Gasteiger partial charge is 0.257 e. The molecule has 37 heavy (non-hydrogen) atoms. The summed E-state index contributed by atoms with van der Waals surface area (Å²) in [7, 11) is 0. The van der Waals surface area contributed by atoms with Crippen LogP contribution in [0.4, 0.5) is 5.95 Å². The number of aromatic nitrogens is 2. The van der Waals surface area contributed by atoms with Crippen LogP contribution in [0.1, 0.15) is 46.4 Å². The Kier molecular flexibility index (Phi) is 6.79. The van der Waals surface area contributed by atoms with Crippen LogP contribution >= 0.6 is 0 Å². The average Bonchev–Trinajstić information content (AvgIpc) is 3.12. The van der Waals surface area contributed by atoms with Crippen molar-refractivity contribution < 1.29 is 9.53 Å². The number of piperazine rings is 1. The van der Waals surface area contributed by atoms with Crippen molar-refractivity contribution in [1.82, 2.24) is 19.8 Å². The molecular formula is C30H35N5O2. The van der Waals surface area contributed by atoms with Crippen molar-refractivity contribution in [3.63, 3.8) is 0 Å². The average molecular weight is 498 g/mol. The summed E-state index contributed by atoms with van der Waals surface area (Å²) < 4.78 is 6.11. The van der Waals surface area contributed by atoms with Crippen LogP contribution in [0.25, 0.3) is 0 Å². The first-order chi connectivity index (χ1) is 18.1. The zero-order valence-corrected chi connectivity index (χ0v) is 21.6. The van der Waals surface area contributed by atoms with E-state index in [9.17, 15) is 4.79 Å². The number of nitrogens with zero attached hydrogens (tertiary/aromatic N) is 5. The molecular weight excluding hydrogens is 462 g/mol. The number of hydrogen-bond donors (Lipinski definition) is 0. The first kappa shape index (κ1) is 23.9. The van der Waals surface area contributed by atoms with Crippen LogP contribution in [0.3, 0.4) is 0 Å². The highest BCUT2D eigenvalue weighted by Crippen LogP contribution is 2.28. The van der Waals surface area contributed by atoms with Gasteiger partial charge in [0.1, 0.15) is 11.5 Å². The molecule has 3 heterocycles. The van der Waals surface area contributed by atoms with Gasteiger partial charge in [0.15, 0.2) is 0 Å². The van der Waals surface area contributed by atoms with E-state index in [2.05, 4.69) is 9.80 Å². The summed E-state index contributed by atoms with van der Waals surface area (Å²) in [5, 5.41) is 0. The van der Waals surface area contributed by atoms with Crippen LogP contribution in [-0.4, -0.2) is 71.0 Å². The number of ether oxygens (including phenoxy) is 1. The molecule has 2 fully saturated rings. The molecule has 7 nitrogen and oxygen atoms in total. The summed E-state index contributed by atoms with van der Waals surface area (Å²) in [6, 6.07) is 16.2. The van der Waals surface area contributed by atoms with Crippen molar-refractivity contribution >= 4 is 11.9 Å². The zero-order chi connectivity index (χ0) is 25.2. The van der Waals surface area contributed by atoms with Gasteiger partial charge in [-0.1, -0.05) is 36.2 Å². The van der Waals surface area contributed by atoms with Gasteiger partial charge in [-0.15, -0.1) is 0 Å². The fourth-order valence-corrected chi connectivity index (χ4v) is 5.50. The van der Waals surface area contributed by atoms with E-state index in [1.807, 2.05) is 66.6 Å². The summed E-state index contributed by atoms with van der Waals surface area (Å²) in [6.45, 7) is 7.48. The summed E-state index contributed by atoms with van der Waals surface area (Å²) >= 11 is 0. The molecule has 2 aromatic carbocycles. The molecule has 0 radical (unpaired) electrons. The number of carbonyl (C=O) groups excluding carboxylic acids is 1. The summed E-state index contributed by atoms with van der Waals surface area (Å²) in [5.74, 6) is 2.14. The third-order valence-electron chi connectivity index (χ3n) is 8.05. The number of fused-ring (bicyclic) bond motifs is 1. The second-order valence-electron chi connectivity index (χ2n) is 10.5. The molecule has 1 saturated carbocycles. The molecule has 1 aliphatic carbocycles. The van der Waals surface area contributed by atoms with Gasteiger partial charge >= 0.3 is 0 Å². The maximum Gasteiger partial charge on any atom is 0.257 e. The van der Waals surface area contributed by atoms with Crippen molar-refractivity contribution in [2.45, 2.75) is 45.1 Å². The van der Waals surface area contributed by atoms with Crippen molar-refractivity contribution in [2.75, 3.05) is 44.2 Å². The molecule has 1 aromatic heterocycles. The molecule has 0 spiro atoms. The van der Waals surface area contributed by atoms with Crippen LogP contribution in [-0.2, 0) is 12.8 Å². The third-order valence-corrected chi connectivity index (χ3v) is 8.05. The number of benzene rings is 2. The Morgan fingerprint density at radius 1 is 0.919 bits per heavy atom. The highest BCUT2D eigenvalue weighted by atomic mass is 16.5. The SMILES string of the molecule is Cc1ccc(Oc2ccccc2C(=O)N2CCc3cnc(N4CCN(C5CCC5)CC4)nc3CC2)cc1. The number of para-hydroxylation sites is 1. The molecule has 0 N–H and O–H groups in total. The molecule has 3 aliphatic rings. The quantitative estimate of drug-likeness (QED) is 0.518. The Labute approximate surface area is 219 Å². The van der Waals surface area contributed by atoms with Crippen LogP contribution in [0.2, 0.25) is 0 Å². The molecule has 0 bridgehead atoms.